The Bertz CT molecular complexity index is 386. The van der Waals surface area contributed by atoms with Crippen LogP contribution >= 0.6 is 15.9 Å². The second-order valence-electron chi connectivity index (χ2n) is 4.02. The van der Waals surface area contributed by atoms with Crippen LogP contribution in [0.15, 0.2) is 16.6 Å². The van der Waals surface area contributed by atoms with Gasteiger partial charge in [-0.2, -0.15) is 0 Å². The van der Waals surface area contributed by atoms with Gasteiger partial charge in [0.15, 0.2) is 0 Å². The average Bonchev–Trinajstić information content (AvgIpc) is 2.89. The van der Waals surface area contributed by atoms with E-state index in [9.17, 15) is 10.2 Å². The van der Waals surface area contributed by atoms with Crippen molar-refractivity contribution in [3.05, 3.63) is 22.2 Å². The number of aliphatic hydroxyl groups is 1. The zero-order valence-electron chi connectivity index (χ0n) is 8.46. The maximum Gasteiger partial charge on any atom is 0.136 e. The SMILES string of the molecule is COc1cc(O)c(CC2(O)CC2)cc1Br. The molecule has 0 unspecified atom stereocenters. The van der Waals surface area contributed by atoms with E-state index in [1.807, 2.05) is 0 Å². The number of phenols is 1. The van der Waals surface area contributed by atoms with Crippen LogP contribution in [0.2, 0.25) is 0 Å². The Kier molecular flexibility index (Phi) is 2.64. The number of benzene rings is 1. The van der Waals surface area contributed by atoms with Gasteiger partial charge in [0.1, 0.15) is 11.5 Å². The number of hydrogen-bond donors (Lipinski definition) is 2. The molecule has 1 aliphatic carbocycles. The second kappa shape index (κ2) is 3.68. The van der Waals surface area contributed by atoms with Crippen molar-refractivity contribution in [1.82, 2.24) is 0 Å². The molecular weight excluding hydrogens is 260 g/mol. The van der Waals surface area contributed by atoms with E-state index in [1.54, 1.807) is 19.2 Å². The minimum absolute atomic E-state index is 0.176. The van der Waals surface area contributed by atoms with Crippen LogP contribution in [0.1, 0.15) is 18.4 Å². The standard InChI is InChI=1S/C11H13BrO3/c1-15-10-5-9(13)7(4-8(10)12)6-11(14)2-3-11/h4-5,13-14H,2-3,6H2,1H3. The van der Waals surface area contributed by atoms with Gasteiger partial charge in [0, 0.05) is 12.5 Å². The van der Waals surface area contributed by atoms with E-state index < -0.39 is 5.60 Å². The van der Waals surface area contributed by atoms with Crippen LogP contribution in [0.3, 0.4) is 0 Å². The molecule has 1 fully saturated rings. The number of ether oxygens (including phenoxy) is 1. The van der Waals surface area contributed by atoms with Gasteiger partial charge in [-0.15, -0.1) is 0 Å². The maximum absolute atomic E-state index is 9.77. The monoisotopic (exact) mass is 272 g/mol. The van der Waals surface area contributed by atoms with E-state index >= 15 is 0 Å². The lowest BCUT2D eigenvalue weighted by molar-refractivity contribution is 0.150. The van der Waals surface area contributed by atoms with E-state index in [-0.39, 0.29) is 5.75 Å². The van der Waals surface area contributed by atoms with Crippen LogP contribution < -0.4 is 4.74 Å². The summed E-state index contributed by atoms with van der Waals surface area (Å²) in [5.41, 5.74) is 0.161. The minimum Gasteiger partial charge on any atom is -0.508 e. The summed E-state index contributed by atoms with van der Waals surface area (Å²) in [6.45, 7) is 0. The third-order valence-corrected chi connectivity index (χ3v) is 3.32. The van der Waals surface area contributed by atoms with Crippen LogP contribution in [-0.2, 0) is 6.42 Å². The van der Waals surface area contributed by atoms with Crippen LogP contribution in [-0.4, -0.2) is 22.9 Å². The molecule has 0 saturated heterocycles. The summed E-state index contributed by atoms with van der Waals surface area (Å²) in [4.78, 5) is 0. The van der Waals surface area contributed by atoms with Crippen LogP contribution in [0.5, 0.6) is 11.5 Å². The summed E-state index contributed by atoms with van der Waals surface area (Å²) >= 11 is 3.35. The highest BCUT2D eigenvalue weighted by Crippen LogP contribution is 2.41. The first kappa shape index (κ1) is 10.8. The number of halogens is 1. The molecule has 0 aliphatic heterocycles. The molecule has 82 valence electrons. The van der Waals surface area contributed by atoms with E-state index in [0.29, 0.717) is 12.2 Å². The molecule has 3 nitrogen and oxygen atoms in total. The van der Waals surface area contributed by atoms with Gasteiger partial charge in [-0.1, -0.05) is 0 Å². The summed E-state index contributed by atoms with van der Waals surface area (Å²) in [5.74, 6) is 0.773. The fourth-order valence-electron chi connectivity index (χ4n) is 1.56. The van der Waals surface area contributed by atoms with Crippen molar-refractivity contribution in [2.75, 3.05) is 7.11 Å². The molecule has 15 heavy (non-hydrogen) atoms. The molecule has 1 aromatic carbocycles. The lowest BCUT2D eigenvalue weighted by Crippen LogP contribution is -2.10. The smallest absolute Gasteiger partial charge is 0.136 e. The van der Waals surface area contributed by atoms with Gasteiger partial charge >= 0.3 is 0 Å². The van der Waals surface area contributed by atoms with Gasteiger partial charge in [0.05, 0.1) is 17.2 Å². The van der Waals surface area contributed by atoms with Crippen molar-refractivity contribution >= 4 is 15.9 Å². The Morgan fingerprint density at radius 1 is 1.47 bits per heavy atom. The van der Waals surface area contributed by atoms with E-state index in [0.717, 1.165) is 22.9 Å². The fraction of sp³-hybridized carbons (Fsp3) is 0.455. The zero-order chi connectivity index (χ0) is 11.1. The molecule has 1 aliphatic rings. The molecular formula is C11H13BrO3. The van der Waals surface area contributed by atoms with Gasteiger partial charge in [0.2, 0.25) is 0 Å². The van der Waals surface area contributed by atoms with Gasteiger partial charge in [0.25, 0.3) is 0 Å². The van der Waals surface area contributed by atoms with E-state index in [2.05, 4.69) is 15.9 Å². The molecule has 0 bridgehead atoms. The van der Waals surface area contributed by atoms with Gasteiger partial charge < -0.3 is 14.9 Å². The third kappa shape index (κ3) is 2.26. The number of hydrogen-bond acceptors (Lipinski definition) is 3. The van der Waals surface area contributed by atoms with E-state index in [4.69, 9.17) is 4.74 Å². The number of phenolic OH excluding ortho intramolecular Hbond substituents is 1. The van der Waals surface area contributed by atoms with Gasteiger partial charge in [-0.05, 0) is 40.4 Å². The highest BCUT2D eigenvalue weighted by Gasteiger charge is 2.40. The highest BCUT2D eigenvalue weighted by molar-refractivity contribution is 9.10. The average molecular weight is 273 g/mol. The Hall–Kier alpha value is -0.740. The van der Waals surface area contributed by atoms with Crippen LogP contribution in [0.25, 0.3) is 0 Å². The third-order valence-electron chi connectivity index (χ3n) is 2.70. The molecule has 0 heterocycles. The zero-order valence-corrected chi connectivity index (χ0v) is 10.0. The highest BCUT2D eigenvalue weighted by atomic mass is 79.9. The first-order valence-electron chi connectivity index (χ1n) is 4.82. The molecule has 1 aromatic rings. The van der Waals surface area contributed by atoms with Crippen molar-refractivity contribution < 1.29 is 14.9 Å². The lowest BCUT2D eigenvalue weighted by Gasteiger charge is -2.12. The molecule has 1 saturated carbocycles. The summed E-state index contributed by atoms with van der Waals surface area (Å²) in [7, 11) is 1.55. The molecule has 0 spiro atoms. The molecule has 0 radical (unpaired) electrons. The van der Waals surface area contributed by atoms with Crippen molar-refractivity contribution in [3.8, 4) is 11.5 Å². The molecule has 0 amide bonds. The Balaban J connectivity index is 2.28. The largest absolute Gasteiger partial charge is 0.508 e. The normalized spacial score (nSPS) is 17.5. The number of methoxy groups -OCH3 is 1. The van der Waals surface area contributed by atoms with Crippen molar-refractivity contribution in [2.45, 2.75) is 24.9 Å². The topological polar surface area (TPSA) is 49.7 Å². The molecule has 4 heteroatoms. The summed E-state index contributed by atoms with van der Waals surface area (Å²) in [5, 5.41) is 19.5. The quantitative estimate of drug-likeness (QED) is 0.887. The maximum atomic E-state index is 9.77. The Morgan fingerprint density at radius 2 is 2.13 bits per heavy atom. The number of rotatable bonds is 3. The summed E-state index contributed by atoms with van der Waals surface area (Å²) < 4.78 is 5.85. The van der Waals surface area contributed by atoms with Crippen LogP contribution in [0, 0.1) is 0 Å². The Morgan fingerprint density at radius 3 is 2.67 bits per heavy atom. The first-order valence-corrected chi connectivity index (χ1v) is 5.61. The predicted molar refractivity (Wildman–Crippen MR) is 60.2 cm³/mol. The fourth-order valence-corrected chi connectivity index (χ4v) is 2.11. The summed E-state index contributed by atoms with van der Waals surface area (Å²) in [6.07, 6.45) is 2.13. The first-order chi connectivity index (χ1) is 7.04. The predicted octanol–water partition coefficient (Wildman–Crippen LogP) is 2.23. The van der Waals surface area contributed by atoms with Gasteiger partial charge in [-0.3, -0.25) is 0 Å². The molecule has 2 rings (SSSR count). The molecule has 0 atom stereocenters. The molecule has 0 aromatic heterocycles. The minimum atomic E-state index is -0.592. The van der Waals surface area contributed by atoms with Crippen LogP contribution in [0.4, 0.5) is 0 Å². The summed E-state index contributed by atoms with van der Waals surface area (Å²) in [6, 6.07) is 3.36. The second-order valence-corrected chi connectivity index (χ2v) is 4.87. The van der Waals surface area contributed by atoms with Gasteiger partial charge in [-0.25, -0.2) is 0 Å². The lowest BCUT2D eigenvalue weighted by atomic mass is 10.1. The van der Waals surface area contributed by atoms with Crippen molar-refractivity contribution in [2.24, 2.45) is 0 Å². The molecule has 2 N–H and O–H groups in total. The number of aromatic hydroxyl groups is 1. The van der Waals surface area contributed by atoms with Crippen molar-refractivity contribution in [3.63, 3.8) is 0 Å². The Labute approximate surface area is 96.8 Å². The van der Waals surface area contributed by atoms with Crippen molar-refractivity contribution in [1.29, 1.82) is 0 Å². The van der Waals surface area contributed by atoms with E-state index in [1.165, 1.54) is 0 Å².